The Morgan fingerprint density at radius 2 is 2.14 bits per heavy atom. The van der Waals surface area contributed by atoms with Gasteiger partial charge >= 0.3 is 0 Å². The topological polar surface area (TPSA) is 98.5 Å². The van der Waals surface area contributed by atoms with Crippen LogP contribution in [0.25, 0.3) is 0 Å². The molecule has 3 N–H and O–H groups in total. The molecule has 0 saturated heterocycles. The van der Waals surface area contributed by atoms with Crippen molar-refractivity contribution in [1.29, 1.82) is 0 Å². The number of rotatable bonds is 5. The molecule has 0 unspecified atom stereocenters. The lowest BCUT2D eigenvalue weighted by Gasteiger charge is -2.07. The Labute approximate surface area is 124 Å². The van der Waals surface area contributed by atoms with Crippen LogP contribution in [0.1, 0.15) is 15.9 Å². The maximum atomic E-state index is 11.9. The molecule has 7 heteroatoms. The highest BCUT2D eigenvalue weighted by molar-refractivity contribution is 7.90. The first kappa shape index (κ1) is 17.0. The number of carbonyl (C=O) groups is 1. The van der Waals surface area contributed by atoms with E-state index < -0.39 is 9.84 Å². The Kier molecular flexibility index (Phi) is 6.21. The average Bonchev–Trinajstić information content (AvgIpc) is 2.43. The molecule has 0 aliphatic heterocycles. The molecule has 0 fully saturated rings. The van der Waals surface area contributed by atoms with E-state index in [0.29, 0.717) is 16.9 Å². The monoisotopic (exact) mass is 310 g/mol. The molecule has 0 aliphatic rings. The molecule has 0 heterocycles. The number of benzene rings is 1. The summed E-state index contributed by atoms with van der Waals surface area (Å²) in [5, 5.41) is 2.54. The molecule has 1 aromatic rings. The van der Waals surface area contributed by atoms with Crippen LogP contribution in [0.4, 0.5) is 0 Å². The summed E-state index contributed by atoms with van der Waals surface area (Å²) in [7, 11) is -1.60. The van der Waals surface area contributed by atoms with Gasteiger partial charge < -0.3 is 15.8 Å². The van der Waals surface area contributed by atoms with Gasteiger partial charge in [0.1, 0.15) is 15.6 Å². The summed E-state index contributed by atoms with van der Waals surface area (Å²) in [5.41, 5.74) is 6.26. The quantitative estimate of drug-likeness (QED) is 0.733. The number of nitrogens with two attached hydrogens (primary N) is 1. The number of amides is 1. The Bertz CT molecular complexity index is 672. The highest BCUT2D eigenvalue weighted by Crippen LogP contribution is 2.18. The minimum Gasteiger partial charge on any atom is -0.495 e. The van der Waals surface area contributed by atoms with Gasteiger partial charge in [-0.1, -0.05) is 11.8 Å². The van der Waals surface area contributed by atoms with Crippen molar-refractivity contribution in [1.82, 2.24) is 5.32 Å². The number of ether oxygens (including phenoxy) is 1. The van der Waals surface area contributed by atoms with Crippen molar-refractivity contribution in [3.63, 3.8) is 0 Å². The van der Waals surface area contributed by atoms with Crippen LogP contribution in [0.2, 0.25) is 0 Å². The molecule has 0 saturated carbocycles. The largest absolute Gasteiger partial charge is 0.495 e. The van der Waals surface area contributed by atoms with Crippen LogP contribution in [-0.2, 0) is 9.84 Å². The third-order valence-electron chi connectivity index (χ3n) is 2.55. The zero-order valence-corrected chi connectivity index (χ0v) is 12.8. The number of hydrogen-bond donors (Lipinski definition) is 2. The third-order valence-corrected chi connectivity index (χ3v) is 3.49. The minimum atomic E-state index is -3.10. The fourth-order valence-corrected chi connectivity index (χ4v) is 2.02. The van der Waals surface area contributed by atoms with Gasteiger partial charge in [0, 0.05) is 18.4 Å². The van der Waals surface area contributed by atoms with Crippen molar-refractivity contribution >= 4 is 15.7 Å². The number of carbonyl (C=O) groups excluding carboxylic acids is 1. The summed E-state index contributed by atoms with van der Waals surface area (Å²) < 4.78 is 27.2. The number of methoxy groups -OCH3 is 1. The molecule has 21 heavy (non-hydrogen) atoms. The van der Waals surface area contributed by atoms with Gasteiger partial charge in [-0.3, -0.25) is 4.79 Å². The molecule has 0 aromatic heterocycles. The maximum Gasteiger partial charge on any atom is 0.251 e. The van der Waals surface area contributed by atoms with E-state index in [1.165, 1.54) is 7.11 Å². The van der Waals surface area contributed by atoms with Crippen LogP contribution in [0.15, 0.2) is 18.2 Å². The van der Waals surface area contributed by atoms with E-state index >= 15 is 0 Å². The molecule has 1 rings (SSSR count). The van der Waals surface area contributed by atoms with Gasteiger partial charge in [-0.25, -0.2) is 8.42 Å². The summed E-state index contributed by atoms with van der Waals surface area (Å²) in [6.45, 7) is 0.265. The molecule has 0 aliphatic carbocycles. The molecular weight excluding hydrogens is 292 g/mol. The predicted octanol–water partition coefficient (Wildman–Crippen LogP) is -0.220. The fraction of sp³-hybridized carbons (Fsp3) is 0.357. The van der Waals surface area contributed by atoms with E-state index in [0.717, 1.165) is 6.26 Å². The highest BCUT2D eigenvalue weighted by atomic mass is 32.2. The van der Waals surface area contributed by atoms with Crippen LogP contribution < -0.4 is 15.8 Å². The van der Waals surface area contributed by atoms with Crippen molar-refractivity contribution in [2.45, 2.75) is 0 Å². The first-order valence-corrected chi connectivity index (χ1v) is 8.26. The second-order valence-corrected chi connectivity index (χ2v) is 6.57. The van der Waals surface area contributed by atoms with Crippen LogP contribution >= 0.6 is 0 Å². The molecule has 0 atom stereocenters. The smallest absolute Gasteiger partial charge is 0.251 e. The predicted molar refractivity (Wildman–Crippen MR) is 81.0 cm³/mol. The molecule has 1 aromatic carbocycles. The Hall–Kier alpha value is -2.04. The zero-order chi connectivity index (χ0) is 15.9. The van der Waals surface area contributed by atoms with Gasteiger partial charge in [0.25, 0.3) is 5.91 Å². The summed E-state index contributed by atoms with van der Waals surface area (Å²) in [6.07, 6.45) is 1.12. The van der Waals surface area contributed by atoms with Crippen LogP contribution in [0, 0.1) is 11.8 Å². The van der Waals surface area contributed by atoms with E-state index in [2.05, 4.69) is 17.2 Å². The van der Waals surface area contributed by atoms with Gasteiger partial charge in [0.2, 0.25) is 0 Å². The lowest BCUT2D eigenvalue weighted by atomic mass is 10.1. The van der Waals surface area contributed by atoms with Gasteiger partial charge in [0.05, 0.1) is 25.0 Å². The molecule has 6 nitrogen and oxygen atoms in total. The van der Waals surface area contributed by atoms with Gasteiger partial charge in [0.15, 0.2) is 0 Å². The summed E-state index contributed by atoms with van der Waals surface area (Å²) >= 11 is 0. The standard InChI is InChI=1S/C14H18N2O4S/c1-20-13-6-5-12(10-11(13)4-3-7-15)14(17)16-8-9-21(2,18)19/h5-6,10H,7-9,15H2,1-2H3,(H,16,17). The van der Waals surface area contributed by atoms with Crippen molar-refractivity contribution < 1.29 is 17.9 Å². The Morgan fingerprint density at radius 3 is 2.71 bits per heavy atom. The maximum absolute atomic E-state index is 11.9. The molecule has 114 valence electrons. The first-order valence-electron chi connectivity index (χ1n) is 6.20. The van der Waals surface area contributed by atoms with E-state index in [4.69, 9.17) is 10.5 Å². The molecule has 0 spiro atoms. The van der Waals surface area contributed by atoms with E-state index in [-0.39, 0.29) is 24.7 Å². The number of hydrogen-bond acceptors (Lipinski definition) is 5. The normalized spacial score (nSPS) is 10.4. The van der Waals surface area contributed by atoms with Crippen molar-refractivity contribution in [3.05, 3.63) is 29.3 Å². The average molecular weight is 310 g/mol. The van der Waals surface area contributed by atoms with Gasteiger partial charge in [-0.15, -0.1) is 0 Å². The van der Waals surface area contributed by atoms with E-state index in [9.17, 15) is 13.2 Å². The second-order valence-electron chi connectivity index (χ2n) is 4.31. The summed E-state index contributed by atoms with van der Waals surface area (Å²) in [6, 6.07) is 4.80. The highest BCUT2D eigenvalue weighted by Gasteiger charge is 2.10. The molecule has 0 radical (unpaired) electrons. The second kappa shape index (κ2) is 7.67. The van der Waals surface area contributed by atoms with Crippen LogP contribution in [-0.4, -0.2) is 46.5 Å². The third kappa shape index (κ3) is 5.85. The van der Waals surface area contributed by atoms with E-state index in [1.54, 1.807) is 18.2 Å². The summed E-state index contributed by atoms with van der Waals surface area (Å²) in [4.78, 5) is 11.9. The van der Waals surface area contributed by atoms with Crippen LogP contribution in [0.3, 0.4) is 0 Å². The minimum absolute atomic E-state index is 0.0630. The van der Waals surface area contributed by atoms with Gasteiger partial charge in [-0.05, 0) is 18.2 Å². The Morgan fingerprint density at radius 1 is 1.43 bits per heavy atom. The number of sulfone groups is 1. The van der Waals surface area contributed by atoms with Crippen LogP contribution in [0.5, 0.6) is 5.75 Å². The Balaban J connectivity index is 2.85. The van der Waals surface area contributed by atoms with Crippen molar-refractivity contribution in [2.24, 2.45) is 5.73 Å². The lowest BCUT2D eigenvalue weighted by molar-refractivity contribution is 0.0956. The van der Waals surface area contributed by atoms with E-state index in [1.807, 2.05) is 0 Å². The fourth-order valence-electron chi connectivity index (χ4n) is 1.55. The summed E-state index contributed by atoms with van der Waals surface area (Å²) in [5.74, 6) is 5.60. The molecule has 1 amide bonds. The zero-order valence-electron chi connectivity index (χ0n) is 12.0. The van der Waals surface area contributed by atoms with Crippen molar-refractivity contribution in [2.75, 3.05) is 32.2 Å². The van der Waals surface area contributed by atoms with Gasteiger partial charge in [-0.2, -0.15) is 0 Å². The SMILES string of the molecule is COc1ccc(C(=O)NCCS(C)(=O)=O)cc1C#CCN. The lowest BCUT2D eigenvalue weighted by Crippen LogP contribution is -2.28. The number of nitrogens with one attached hydrogen (secondary N) is 1. The first-order chi connectivity index (χ1) is 9.87. The van der Waals surface area contributed by atoms with Crippen molar-refractivity contribution in [3.8, 4) is 17.6 Å². The molecular formula is C14H18N2O4S. The molecule has 0 bridgehead atoms.